The van der Waals surface area contributed by atoms with E-state index in [9.17, 15) is 4.79 Å². The van der Waals surface area contributed by atoms with Crippen molar-refractivity contribution in [2.75, 3.05) is 17.2 Å². The Kier molecular flexibility index (Phi) is 6.09. The van der Waals surface area contributed by atoms with Gasteiger partial charge in [-0.05, 0) is 43.5 Å². The van der Waals surface area contributed by atoms with E-state index in [1.54, 1.807) is 12.3 Å². The summed E-state index contributed by atoms with van der Waals surface area (Å²) in [6.07, 6.45) is 5.01. The number of aromatic nitrogens is 2. The number of nitrogens with zero attached hydrogens (tertiary/aromatic N) is 2. The monoisotopic (exact) mass is 312 g/mol. The largest absolute Gasteiger partial charge is 0.354 e. The zero-order chi connectivity index (χ0) is 16.7. The standard InChI is InChI=1S/C18H24N4O/c1-4-5-6-11-19-18-20-12-10-16(22-18)17(23)21-15-9-7-8-13(2)14(15)3/h7-10,12H,4-6,11H2,1-3H3,(H,21,23)(H,19,20,22). The fraction of sp³-hybridized carbons (Fsp3) is 0.389. The third kappa shape index (κ3) is 4.77. The predicted molar refractivity (Wildman–Crippen MR) is 93.9 cm³/mol. The van der Waals surface area contributed by atoms with Crippen LogP contribution in [0.5, 0.6) is 0 Å². The Balaban J connectivity index is 2.03. The molecule has 23 heavy (non-hydrogen) atoms. The number of rotatable bonds is 7. The second kappa shape index (κ2) is 8.27. The minimum Gasteiger partial charge on any atom is -0.354 e. The number of amides is 1. The van der Waals surface area contributed by atoms with Crippen LogP contribution in [0.1, 0.15) is 47.8 Å². The van der Waals surface area contributed by atoms with Crippen LogP contribution >= 0.6 is 0 Å². The van der Waals surface area contributed by atoms with Crippen LogP contribution in [-0.4, -0.2) is 22.4 Å². The molecule has 1 aromatic heterocycles. The van der Waals surface area contributed by atoms with E-state index in [-0.39, 0.29) is 5.91 Å². The lowest BCUT2D eigenvalue weighted by Gasteiger charge is -2.10. The summed E-state index contributed by atoms with van der Waals surface area (Å²) in [7, 11) is 0. The van der Waals surface area contributed by atoms with E-state index in [1.165, 1.54) is 12.8 Å². The molecule has 0 fully saturated rings. The summed E-state index contributed by atoms with van der Waals surface area (Å²) in [5, 5.41) is 6.07. The molecule has 2 N–H and O–H groups in total. The number of unbranched alkanes of at least 4 members (excludes halogenated alkanes) is 2. The third-order valence-electron chi connectivity index (χ3n) is 3.80. The number of carbonyl (C=O) groups is 1. The smallest absolute Gasteiger partial charge is 0.274 e. The molecule has 1 aromatic carbocycles. The molecule has 5 nitrogen and oxygen atoms in total. The molecular weight excluding hydrogens is 288 g/mol. The first kappa shape index (κ1) is 16.9. The van der Waals surface area contributed by atoms with Crippen molar-refractivity contribution in [2.24, 2.45) is 0 Å². The Morgan fingerprint density at radius 3 is 2.78 bits per heavy atom. The van der Waals surface area contributed by atoms with Crippen LogP contribution in [0.2, 0.25) is 0 Å². The Hall–Kier alpha value is -2.43. The molecule has 0 atom stereocenters. The molecule has 0 saturated heterocycles. The minimum atomic E-state index is -0.224. The van der Waals surface area contributed by atoms with E-state index in [0.717, 1.165) is 29.8 Å². The van der Waals surface area contributed by atoms with Gasteiger partial charge in [-0.2, -0.15) is 0 Å². The summed E-state index contributed by atoms with van der Waals surface area (Å²) in [6.45, 7) is 6.99. The molecule has 2 rings (SSSR count). The number of aryl methyl sites for hydroxylation is 1. The molecule has 0 radical (unpaired) electrons. The van der Waals surface area contributed by atoms with Gasteiger partial charge in [0.25, 0.3) is 5.91 Å². The van der Waals surface area contributed by atoms with Gasteiger partial charge >= 0.3 is 0 Å². The minimum absolute atomic E-state index is 0.224. The molecule has 0 aliphatic heterocycles. The first-order valence-electron chi connectivity index (χ1n) is 8.06. The van der Waals surface area contributed by atoms with E-state index in [2.05, 4.69) is 27.5 Å². The average molecular weight is 312 g/mol. The first-order chi connectivity index (χ1) is 11.1. The molecule has 0 spiro atoms. The predicted octanol–water partition coefficient (Wildman–Crippen LogP) is 3.95. The van der Waals surface area contributed by atoms with Crippen LogP contribution < -0.4 is 10.6 Å². The van der Waals surface area contributed by atoms with Gasteiger partial charge in [-0.15, -0.1) is 0 Å². The summed E-state index contributed by atoms with van der Waals surface area (Å²) in [5.74, 6) is 0.271. The molecule has 1 heterocycles. The normalized spacial score (nSPS) is 10.4. The average Bonchev–Trinajstić information content (AvgIpc) is 2.56. The van der Waals surface area contributed by atoms with E-state index in [0.29, 0.717) is 11.6 Å². The lowest BCUT2D eigenvalue weighted by atomic mass is 10.1. The van der Waals surface area contributed by atoms with Crippen molar-refractivity contribution in [3.8, 4) is 0 Å². The number of benzene rings is 1. The van der Waals surface area contributed by atoms with Gasteiger partial charge < -0.3 is 10.6 Å². The lowest BCUT2D eigenvalue weighted by molar-refractivity contribution is 0.102. The highest BCUT2D eigenvalue weighted by molar-refractivity contribution is 6.03. The van der Waals surface area contributed by atoms with Gasteiger partial charge in [0.1, 0.15) is 5.69 Å². The van der Waals surface area contributed by atoms with Crippen molar-refractivity contribution >= 4 is 17.5 Å². The first-order valence-corrected chi connectivity index (χ1v) is 8.06. The van der Waals surface area contributed by atoms with Gasteiger partial charge in [0, 0.05) is 18.4 Å². The Morgan fingerprint density at radius 1 is 1.17 bits per heavy atom. The highest BCUT2D eigenvalue weighted by atomic mass is 16.1. The second-order valence-electron chi connectivity index (χ2n) is 5.60. The van der Waals surface area contributed by atoms with Crippen LogP contribution in [-0.2, 0) is 0 Å². The van der Waals surface area contributed by atoms with Gasteiger partial charge in [0.15, 0.2) is 0 Å². The van der Waals surface area contributed by atoms with Crippen LogP contribution in [0, 0.1) is 13.8 Å². The van der Waals surface area contributed by atoms with Crippen molar-refractivity contribution in [3.05, 3.63) is 47.3 Å². The molecule has 0 aliphatic carbocycles. The zero-order valence-corrected chi connectivity index (χ0v) is 14.0. The Bertz CT molecular complexity index is 670. The zero-order valence-electron chi connectivity index (χ0n) is 14.0. The SMILES string of the molecule is CCCCCNc1nccc(C(=O)Nc2cccc(C)c2C)n1. The molecule has 1 amide bonds. The summed E-state index contributed by atoms with van der Waals surface area (Å²) in [4.78, 5) is 20.8. The summed E-state index contributed by atoms with van der Waals surface area (Å²) in [5.41, 5.74) is 3.38. The van der Waals surface area contributed by atoms with Crippen LogP contribution in [0.25, 0.3) is 0 Å². The van der Waals surface area contributed by atoms with E-state index in [1.807, 2.05) is 32.0 Å². The quantitative estimate of drug-likeness (QED) is 0.760. The van der Waals surface area contributed by atoms with Gasteiger partial charge in [-0.25, -0.2) is 9.97 Å². The summed E-state index contributed by atoms with van der Waals surface area (Å²) in [6, 6.07) is 7.47. The molecule has 122 valence electrons. The van der Waals surface area contributed by atoms with Crippen molar-refractivity contribution in [3.63, 3.8) is 0 Å². The van der Waals surface area contributed by atoms with E-state index >= 15 is 0 Å². The molecule has 5 heteroatoms. The maximum atomic E-state index is 12.4. The van der Waals surface area contributed by atoms with Gasteiger partial charge in [-0.1, -0.05) is 31.9 Å². The van der Waals surface area contributed by atoms with Crippen molar-refractivity contribution in [2.45, 2.75) is 40.0 Å². The number of nitrogens with one attached hydrogen (secondary N) is 2. The van der Waals surface area contributed by atoms with Gasteiger partial charge in [0.2, 0.25) is 5.95 Å². The van der Waals surface area contributed by atoms with Crippen LogP contribution in [0.3, 0.4) is 0 Å². The molecule has 0 aliphatic rings. The lowest BCUT2D eigenvalue weighted by Crippen LogP contribution is -2.16. The fourth-order valence-corrected chi connectivity index (χ4v) is 2.22. The van der Waals surface area contributed by atoms with Crippen molar-refractivity contribution in [1.82, 2.24) is 9.97 Å². The molecule has 0 bridgehead atoms. The Labute approximate surface area is 137 Å². The maximum Gasteiger partial charge on any atom is 0.274 e. The highest BCUT2D eigenvalue weighted by Gasteiger charge is 2.11. The highest BCUT2D eigenvalue weighted by Crippen LogP contribution is 2.18. The van der Waals surface area contributed by atoms with Crippen molar-refractivity contribution < 1.29 is 4.79 Å². The van der Waals surface area contributed by atoms with Gasteiger partial charge in [0.05, 0.1) is 0 Å². The van der Waals surface area contributed by atoms with E-state index < -0.39 is 0 Å². The summed E-state index contributed by atoms with van der Waals surface area (Å²) >= 11 is 0. The van der Waals surface area contributed by atoms with Gasteiger partial charge in [-0.3, -0.25) is 4.79 Å². The summed E-state index contributed by atoms with van der Waals surface area (Å²) < 4.78 is 0. The molecular formula is C18H24N4O. The number of hydrogen-bond donors (Lipinski definition) is 2. The van der Waals surface area contributed by atoms with Crippen LogP contribution in [0.4, 0.5) is 11.6 Å². The number of hydrogen-bond acceptors (Lipinski definition) is 4. The number of anilines is 2. The van der Waals surface area contributed by atoms with Crippen LogP contribution in [0.15, 0.2) is 30.5 Å². The van der Waals surface area contributed by atoms with Crippen molar-refractivity contribution in [1.29, 1.82) is 0 Å². The molecule has 0 saturated carbocycles. The topological polar surface area (TPSA) is 66.9 Å². The third-order valence-corrected chi connectivity index (χ3v) is 3.80. The molecule has 2 aromatic rings. The Morgan fingerprint density at radius 2 is 2.00 bits per heavy atom. The maximum absolute atomic E-state index is 12.4. The van der Waals surface area contributed by atoms with E-state index in [4.69, 9.17) is 0 Å². The fourth-order valence-electron chi connectivity index (χ4n) is 2.22. The second-order valence-corrected chi connectivity index (χ2v) is 5.60. The molecule has 0 unspecified atom stereocenters. The number of carbonyl (C=O) groups excluding carboxylic acids is 1.